The molecule has 0 amide bonds. The summed E-state index contributed by atoms with van der Waals surface area (Å²) in [6.45, 7) is 0.422. The van der Waals surface area contributed by atoms with Gasteiger partial charge in [-0.05, 0) is 18.2 Å². The zero-order valence-electron chi connectivity index (χ0n) is 10.8. The van der Waals surface area contributed by atoms with Gasteiger partial charge < -0.3 is 10.2 Å². The molecule has 0 atom stereocenters. The molecule has 19 heavy (non-hydrogen) atoms. The minimum atomic E-state index is -0.225. The molecule has 0 bridgehead atoms. The predicted molar refractivity (Wildman–Crippen MR) is 80.0 cm³/mol. The number of aromatic nitrogens is 1. The highest BCUT2D eigenvalue weighted by Crippen LogP contribution is 2.23. The van der Waals surface area contributed by atoms with Crippen molar-refractivity contribution in [3.63, 3.8) is 0 Å². The first-order valence-electron chi connectivity index (χ1n) is 5.87. The maximum atomic E-state index is 13.7. The minimum Gasteiger partial charge on any atom is -0.378 e. The van der Waals surface area contributed by atoms with Crippen LogP contribution in [0.3, 0.4) is 0 Å². The zero-order chi connectivity index (χ0) is 13.8. The molecule has 2 rings (SSSR count). The maximum Gasteiger partial charge on any atom is 0.129 e. The quantitative estimate of drug-likeness (QED) is 0.930. The average molecular weight is 324 g/mol. The van der Waals surface area contributed by atoms with E-state index >= 15 is 0 Å². The molecule has 0 spiro atoms. The Hall–Kier alpha value is -1.62. The number of benzene rings is 1. The van der Waals surface area contributed by atoms with Crippen LogP contribution in [0.5, 0.6) is 0 Å². The molecule has 0 saturated carbocycles. The molecule has 100 valence electrons. The van der Waals surface area contributed by atoms with E-state index in [1.165, 1.54) is 6.07 Å². The Morgan fingerprint density at radius 1 is 1.32 bits per heavy atom. The number of nitrogens with zero attached hydrogens (tertiary/aromatic N) is 2. The van der Waals surface area contributed by atoms with E-state index in [1.807, 2.05) is 31.1 Å². The van der Waals surface area contributed by atoms with Crippen LogP contribution in [-0.4, -0.2) is 19.1 Å². The van der Waals surface area contributed by atoms with Crippen molar-refractivity contribution in [2.45, 2.75) is 6.54 Å². The molecule has 0 aliphatic rings. The lowest BCUT2D eigenvalue weighted by atomic mass is 10.2. The van der Waals surface area contributed by atoms with Gasteiger partial charge in [0, 0.05) is 36.9 Å². The van der Waals surface area contributed by atoms with Crippen LogP contribution >= 0.6 is 15.9 Å². The normalized spacial score (nSPS) is 10.3. The van der Waals surface area contributed by atoms with Crippen molar-refractivity contribution in [2.24, 2.45) is 0 Å². The van der Waals surface area contributed by atoms with E-state index in [9.17, 15) is 4.39 Å². The summed E-state index contributed by atoms with van der Waals surface area (Å²) < 4.78 is 14.5. The number of rotatable bonds is 4. The van der Waals surface area contributed by atoms with E-state index in [0.717, 1.165) is 15.8 Å². The lowest BCUT2D eigenvalue weighted by molar-refractivity contribution is 0.612. The molecule has 0 aliphatic carbocycles. The second-order valence-corrected chi connectivity index (χ2v) is 5.29. The SMILES string of the molecule is CN(C)c1ccncc1NCc1ccc(Br)cc1F. The third-order valence-electron chi connectivity index (χ3n) is 2.76. The van der Waals surface area contributed by atoms with Gasteiger partial charge in [0.05, 0.1) is 17.6 Å². The van der Waals surface area contributed by atoms with Crippen LogP contribution in [0.1, 0.15) is 5.56 Å². The number of anilines is 2. The first kappa shape index (κ1) is 13.8. The van der Waals surface area contributed by atoms with E-state index in [1.54, 1.807) is 18.5 Å². The second kappa shape index (κ2) is 6.02. The van der Waals surface area contributed by atoms with Gasteiger partial charge >= 0.3 is 0 Å². The molecule has 1 heterocycles. The minimum absolute atomic E-state index is 0.225. The van der Waals surface area contributed by atoms with Gasteiger partial charge in [0.15, 0.2) is 0 Å². The Balaban J connectivity index is 2.14. The zero-order valence-corrected chi connectivity index (χ0v) is 12.4. The van der Waals surface area contributed by atoms with Crippen molar-refractivity contribution in [3.05, 3.63) is 52.5 Å². The number of hydrogen-bond donors (Lipinski definition) is 1. The van der Waals surface area contributed by atoms with Crippen molar-refractivity contribution in [1.29, 1.82) is 0 Å². The molecule has 0 saturated heterocycles. The molecule has 1 aromatic heterocycles. The maximum absolute atomic E-state index is 13.7. The monoisotopic (exact) mass is 323 g/mol. The summed E-state index contributed by atoms with van der Waals surface area (Å²) in [5.41, 5.74) is 2.53. The Labute approximate surface area is 120 Å². The molecule has 5 heteroatoms. The summed E-state index contributed by atoms with van der Waals surface area (Å²) in [7, 11) is 3.92. The Kier molecular flexibility index (Phi) is 4.37. The van der Waals surface area contributed by atoms with E-state index in [4.69, 9.17) is 0 Å². The number of hydrogen-bond acceptors (Lipinski definition) is 3. The summed E-state index contributed by atoms with van der Waals surface area (Å²) in [5.74, 6) is -0.225. The average Bonchev–Trinajstić information content (AvgIpc) is 2.38. The van der Waals surface area contributed by atoms with E-state index in [2.05, 4.69) is 26.2 Å². The molecular weight excluding hydrogens is 309 g/mol. The van der Waals surface area contributed by atoms with Crippen molar-refractivity contribution in [1.82, 2.24) is 4.98 Å². The van der Waals surface area contributed by atoms with Gasteiger partial charge in [0.2, 0.25) is 0 Å². The van der Waals surface area contributed by atoms with Crippen LogP contribution < -0.4 is 10.2 Å². The summed E-state index contributed by atoms with van der Waals surface area (Å²) in [6.07, 6.45) is 3.48. The highest BCUT2D eigenvalue weighted by molar-refractivity contribution is 9.10. The highest BCUT2D eigenvalue weighted by Gasteiger charge is 2.06. The van der Waals surface area contributed by atoms with E-state index in [-0.39, 0.29) is 5.82 Å². The molecule has 0 radical (unpaired) electrons. The Morgan fingerprint density at radius 2 is 2.11 bits per heavy atom. The van der Waals surface area contributed by atoms with Crippen molar-refractivity contribution in [3.8, 4) is 0 Å². The van der Waals surface area contributed by atoms with Gasteiger partial charge in [-0.2, -0.15) is 0 Å². The van der Waals surface area contributed by atoms with Gasteiger partial charge in [-0.1, -0.05) is 22.0 Å². The molecule has 1 aromatic carbocycles. The Morgan fingerprint density at radius 3 is 2.79 bits per heavy atom. The number of halogens is 2. The topological polar surface area (TPSA) is 28.2 Å². The second-order valence-electron chi connectivity index (χ2n) is 4.38. The first-order chi connectivity index (χ1) is 9.08. The fourth-order valence-electron chi connectivity index (χ4n) is 1.77. The third-order valence-corrected chi connectivity index (χ3v) is 3.26. The summed E-state index contributed by atoms with van der Waals surface area (Å²) in [6, 6.07) is 6.97. The van der Waals surface area contributed by atoms with Crippen LogP contribution in [0.15, 0.2) is 41.1 Å². The largest absolute Gasteiger partial charge is 0.378 e. The van der Waals surface area contributed by atoms with Gasteiger partial charge in [-0.25, -0.2) is 4.39 Å². The van der Waals surface area contributed by atoms with Crippen molar-refractivity contribution >= 4 is 27.3 Å². The van der Waals surface area contributed by atoms with Crippen LogP contribution in [0.4, 0.5) is 15.8 Å². The molecule has 2 aromatic rings. The molecule has 0 fully saturated rings. The standard InChI is InChI=1S/C14H15BrFN3/c1-19(2)14-5-6-17-9-13(14)18-8-10-3-4-11(15)7-12(10)16/h3-7,9,18H,8H2,1-2H3. The van der Waals surface area contributed by atoms with Crippen LogP contribution in [0.25, 0.3) is 0 Å². The fraction of sp³-hybridized carbons (Fsp3) is 0.214. The lowest BCUT2D eigenvalue weighted by Crippen LogP contribution is -2.12. The summed E-state index contributed by atoms with van der Waals surface area (Å²) in [4.78, 5) is 6.07. The smallest absolute Gasteiger partial charge is 0.129 e. The van der Waals surface area contributed by atoms with Crippen LogP contribution in [0, 0.1) is 5.82 Å². The van der Waals surface area contributed by atoms with Crippen molar-refractivity contribution in [2.75, 3.05) is 24.3 Å². The van der Waals surface area contributed by atoms with E-state index < -0.39 is 0 Å². The molecule has 1 N–H and O–H groups in total. The number of nitrogens with one attached hydrogen (secondary N) is 1. The van der Waals surface area contributed by atoms with Gasteiger partial charge in [0.25, 0.3) is 0 Å². The Bertz CT molecular complexity index is 572. The highest BCUT2D eigenvalue weighted by atomic mass is 79.9. The van der Waals surface area contributed by atoms with Gasteiger partial charge in [-0.3, -0.25) is 4.98 Å². The lowest BCUT2D eigenvalue weighted by Gasteiger charge is -2.18. The van der Waals surface area contributed by atoms with E-state index in [0.29, 0.717) is 12.1 Å². The number of pyridine rings is 1. The first-order valence-corrected chi connectivity index (χ1v) is 6.66. The molecular formula is C14H15BrFN3. The van der Waals surface area contributed by atoms with Crippen LogP contribution in [-0.2, 0) is 6.54 Å². The van der Waals surface area contributed by atoms with Gasteiger partial charge in [-0.15, -0.1) is 0 Å². The van der Waals surface area contributed by atoms with Crippen LogP contribution in [0.2, 0.25) is 0 Å². The molecule has 3 nitrogen and oxygen atoms in total. The third kappa shape index (κ3) is 3.44. The summed E-state index contributed by atoms with van der Waals surface area (Å²) in [5, 5.41) is 3.21. The molecule has 0 unspecified atom stereocenters. The van der Waals surface area contributed by atoms with Crippen molar-refractivity contribution < 1.29 is 4.39 Å². The summed E-state index contributed by atoms with van der Waals surface area (Å²) >= 11 is 3.25. The molecule has 0 aliphatic heterocycles. The fourth-order valence-corrected chi connectivity index (χ4v) is 2.10. The predicted octanol–water partition coefficient (Wildman–Crippen LogP) is 3.66. The van der Waals surface area contributed by atoms with Gasteiger partial charge in [0.1, 0.15) is 5.82 Å².